The Balaban J connectivity index is 1.26. The van der Waals surface area contributed by atoms with Crippen LogP contribution in [0.1, 0.15) is 24.8 Å². The molecule has 1 aromatic carbocycles. The van der Waals surface area contributed by atoms with Crippen LogP contribution < -0.4 is 5.32 Å². The summed E-state index contributed by atoms with van der Waals surface area (Å²) in [5, 5.41) is 6.95. The molecule has 1 aliphatic heterocycles. The summed E-state index contributed by atoms with van der Waals surface area (Å²) >= 11 is 0. The van der Waals surface area contributed by atoms with Gasteiger partial charge in [-0.1, -0.05) is 6.07 Å². The van der Waals surface area contributed by atoms with E-state index in [9.17, 15) is 13.6 Å². The average Bonchev–Trinajstić information content (AvgIpc) is 3.15. The van der Waals surface area contributed by atoms with Gasteiger partial charge >= 0.3 is 6.03 Å². The Morgan fingerprint density at radius 2 is 2.00 bits per heavy atom. The van der Waals surface area contributed by atoms with E-state index in [-0.39, 0.29) is 6.03 Å². The summed E-state index contributed by atoms with van der Waals surface area (Å²) in [5.74, 6) is -0.607. The van der Waals surface area contributed by atoms with E-state index in [0.717, 1.165) is 31.0 Å². The minimum atomic E-state index is -0.552. The predicted octanol–water partition coefficient (Wildman–Crippen LogP) is 3.88. The van der Waals surface area contributed by atoms with E-state index >= 15 is 0 Å². The Hall–Kier alpha value is -3.03. The van der Waals surface area contributed by atoms with Gasteiger partial charge in [-0.05, 0) is 55.4 Å². The van der Waals surface area contributed by atoms with Gasteiger partial charge < -0.3 is 10.2 Å². The van der Waals surface area contributed by atoms with E-state index in [2.05, 4.69) is 15.4 Å². The number of nitrogens with one attached hydrogen (secondary N) is 1. The average molecular weight is 385 g/mol. The SMILES string of the molecule is O=C(Nc1ccc2ncnn2c1)N1CCC(CCc2ccc(F)cc2F)CC1. The molecule has 0 atom stereocenters. The standard InChI is InChI=1S/C20H21F2N5O/c21-16-4-3-15(18(22)11-16)2-1-14-7-9-26(10-8-14)20(28)25-17-5-6-19-23-13-24-27(19)12-17/h3-6,11-14H,1-2,7-10H2,(H,25,28). The number of aryl methyl sites for hydroxylation is 1. The van der Waals surface area contributed by atoms with E-state index in [1.165, 1.54) is 18.5 Å². The van der Waals surface area contributed by atoms with Gasteiger partial charge in [0, 0.05) is 19.2 Å². The number of aromatic nitrogens is 3. The lowest BCUT2D eigenvalue weighted by atomic mass is 9.90. The number of likely N-dealkylation sites (tertiary alicyclic amines) is 1. The van der Waals surface area contributed by atoms with Crippen molar-refractivity contribution in [1.29, 1.82) is 0 Å². The number of carbonyl (C=O) groups is 1. The first-order valence-corrected chi connectivity index (χ1v) is 9.38. The number of piperidine rings is 1. The van der Waals surface area contributed by atoms with Crippen LogP contribution >= 0.6 is 0 Å². The first-order chi connectivity index (χ1) is 13.6. The molecule has 6 nitrogen and oxygen atoms in total. The lowest BCUT2D eigenvalue weighted by molar-refractivity contribution is 0.180. The van der Waals surface area contributed by atoms with Crippen molar-refractivity contribution in [1.82, 2.24) is 19.5 Å². The number of fused-ring (bicyclic) bond motifs is 1. The van der Waals surface area contributed by atoms with Gasteiger partial charge in [0.05, 0.1) is 11.9 Å². The number of carbonyl (C=O) groups excluding carboxylic acids is 1. The first-order valence-electron chi connectivity index (χ1n) is 9.38. The van der Waals surface area contributed by atoms with Crippen molar-refractivity contribution in [2.75, 3.05) is 18.4 Å². The molecule has 3 aromatic rings. The van der Waals surface area contributed by atoms with Crippen LogP contribution in [0.4, 0.5) is 19.3 Å². The molecule has 0 bridgehead atoms. The van der Waals surface area contributed by atoms with Crippen molar-refractivity contribution < 1.29 is 13.6 Å². The fraction of sp³-hybridized carbons (Fsp3) is 0.350. The van der Waals surface area contributed by atoms with Crippen LogP contribution in [0.2, 0.25) is 0 Å². The van der Waals surface area contributed by atoms with Gasteiger partial charge in [-0.25, -0.2) is 23.1 Å². The second-order valence-electron chi connectivity index (χ2n) is 7.12. The number of rotatable bonds is 4. The molecule has 3 heterocycles. The predicted molar refractivity (Wildman–Crippen MR) is 101 cm³/mol. The molecule has 0 spiro atoms. The maximum absolute atomic E-state index is 13.7. The van der Waals surface area contributed by atoms with Crippen molar-refractivity contribution in [2.45, 2.75) is 25.7 Å². The first kappa shape index (κ1) is 18.3. The minimum absolute atomic E-state index is 0.137. The topological polar surface area (TPSA) is 62.5 Å². The second-order valence-corrected chi connectivity index (χ2v) is 7.12. The van der Waals surface area contributed by atoms with Gasteiger partial charge in [-0.2, -0.15) is 5.10 Å². The van der Waals surface area contributed by atoms with Gasteiger partial charge in [0.25, 0.3) is 0 Å². The molecule has 1 N–H and O–H groups in total. The summed E-state index contributed by atoms with van der Waals surface area (Å²) < 4.78 is 28.3. The molecule has 1 aliphatic rings. The second kappa shape index (κ2) is 7.92. The Morgan fingerprint density at radius 3 is 2.79 bits per heavy atom. The normalized spacial score (nSPS) is 15.1. The van der Waals surface area contributed by atoms with Gasteiger partial charge in [-0.3, -0.25) is 0 Å². The molecular weight excluding hydrogens is 364 g/mol. The number of urea groups is 1. The molecule has 0 unspecified atom stereocenters. The quantitative estimate of drug-likeness (QED) is 0.741. The Morgan fingerprint density at radius 1 is 1.18 bits per heavy atom. The van der Waals surface area contributed by atoms with Crippen LogP contribution in [0.25, 0.3) is 5.65 Å². The third-order valence-corrected chi connectivity index (χ3v) is 5.26. The summed E-state index contributed by atoms with van der Waals surface area (Å²) in [4.78, 5) is 18.4. The minimum Gasteiger partial charge on any atom is -0.325 e. The van der Waals surface area contributed by atoms with Crippen molar-refractivity contribution in [3.05, 3.63) is 60.1 Å². The van der Waals surface area contributed by atoms with Crippen LogP contribution in [0.5, 0.6) is 0 Å². The lowest BCUT2D eigenvalue weighted by Gasteiger charge is -2.32. The van der Waals surface area contributed by atoms with Gasteiger partial charge in [0.1, 0.15) is 18.0 Å². The van der Waals surface area contributed by atoms with Crippen molar-refractivity contribution in [3.8, 4) is 0 Å². The Kier molecular flexibility index (Phi) is 5.18. The monoisotopic (exact) mass is 385 g/mol. The van der Waals surface area contributed by atoms with Crippen LogP contribution in [-0.2, 0) is 6.42 Å². The largest absolute Gasteiger partial charge is 0.325 e. The van der Waals surface area contributed by atoms with Gasteiger partial charge in [0.2, 0.25) is 0 Å². The number of benzene rings is 1. The third-order valence-electron chi connectivity index (χ3n) is 5.26. The number of hydrogen-bond acceptors (Lipinski definition) is 3. The van der Waals surface area contributed by atoms with Crippen LogP contribution in [0, 0.1) is 17.6 Å². The molecule has 4 rings (SSSR count). The highest BCUT2D eigenvalue weighted by atomic mass is 19.1. The molecule has 28 heavy (non-hydrogen) atoms. The van der Waals surface area contributed by atoms with Crippen LogP contribution in [0.15, 0.2) is 42.9 Å². The highest BCUT2D eigenvalue weighted by Crippen LogP contribution is 2.24. The summed E-state index contributed by atoms with van der Waals surface area (Å²) in [6.45, 7) is 1.32. The van der Waals surface area contributed by atoms with Crippen LogP contribution in [0.3, 0.4) is 0 Å². The van der Waals surface area contributed by atoms with E-state index in [1.54, 1.807) is 27.7 Å². The maximum atomic E-state index is 13.7. The highest BCUT2D eigenvalue weighted by molar-refractivity contribution is 5.89. The summed E-state index contributed by atoms with van der Waals surface area (Å²) in [6, 6.07) is 7.19. The Bertz CT molecular complexity index is 982. The number of pyridine rings is 1. The van der Waals surface area contributed by atoms with Crippen molar-refractivity contribution in [2.24, 2.45) is 5.92 Å². The smallest absolute Gasteiger partial charge is 0.321 e. The van der Waals surface area contributed by atoms with Crippen molar-refractivity contribution in [3.63, 3.8) is 0 Å². The molecule has 0 aliphatic carbocycles. The number of hydrogen-bond donors (Lipinski definition) is 1. The Labute approximate surface area is 161 Å². The number of anilines is 1. The number of amides is 2. The molecule has 1 saturated heterocycles. The third kappa shape index (κ3) is 4.11. The van der Waals surface area contributed by atoms with Gasteiger partial charge in [0.15, 0.2) is 5.65 Å². The number of halogens is 2. The van der Waals surface area contributed by atoms with Crippen LogP contribution in [-0.4, -0.2) is 38.6 Å². The van der Waals surface area contributed by atoms with Gasteiger partial charge in [-0.15, -0.1) is 0 Å². The van der Waals surface area contributed by atoms with E-state index in [4.69, 9.17) is 0 Å². The lowest BCUT2D eigenvalue weighted by Crippen LogP contribution is -2.41. The zero-order valence-electron chi connectivity index (χ0n) is 15.3. The molecular formula is C20H21F2N5O. The van der Waals surface area contributed by atoms with E-state index in [0.29, 0.717) is 36.7 Å². The molecule has 2 aromatic heterocycles. The summed E-state index contributed by atoms with van der Waals surface area (Å²) in [7, 11) is 0. The number of nitrogens with zero attached hydrogens (tertiary/aromatic N) is 4. The molecule has 1 fully saturated rings. The highest BCUT2D eigenvalue weighted by Gasteiger charge is 2.23. The molecule has 146 valence electrons. The molecule has 0 radical (unpaired) electrons. The van der Waals surface area contributed by atoms with E-state index < -0.39 is 11.6 Å². The zero-order chi connectivity index (χ0) is 19.5. The maximum Gasteiger partial charge on any atom is 0.321 e. The molecule has 2 amide bonds. The molecule has 0 saturated carbocycles. The summed E-state index contributed by atoms with van der Waals surface area (Å²) in [6.07, 6.45) is 6.35. The van der Waals surface area contributed by atoms with Crippen molar-refractivity contribution >= 4 is 17.4 Å². The fourth-order valence-electron chi connectivity index (χ4n) is 3.60. The fourth-order valence-corrected chi connectivity index (χ4v) is 3.60. The zero-order valence-corrected chi connectivity index (χ0v) is 15.3. The summed E-state index contributed by atoms with van der Waals surface area (Å²) in [5.41, 5.74) is 1.93. The van der Waals surface area contributed by atoms with E-state index in [1.807, 2.05) is 0 Å². The molecule has 8 heteroatoms.